The molecule has 0 spiro atoms. The quantitative estimate of drug-likeness (QED) is 0.261. The standard InChI is InChI=1S/C28H26N4O2/c29-21(10-20-14-31-26-4-2-1-3-23(20)26)16-34-22-11-19(13-30-15-22)18-7-8-27-24(12-18)25(28(33)32-27)9-17-5-6-17/h1-4,7-9,11-15,21,31-33H,5-6,10,16,29H2/t21-/m0/s1. The fraction of sp³-hybridized carbons (Fsp3) is 0.179. The number of para-hydroxylation sites is 1. The maximum absolute atomic E-state index is 10.3. The van der Waals surface area contributed by atoms with Gasteiger partial charge in [0, 0.05) is 51.4 Å². The van der Waals surface area contributed by atoms with E-state index < -0.39 is 0 Å². The zero-order chi connectivity index (χ0) is 23.1. The molecule has 170 valence electrons. The van der Waals surface area contributed by atoms with Crippen LogP contribution in [0.1, 0.15) is 24.0 Å². The highest BCUT2D eigenvalue weighted by Crippen LogP contribution is 2.37. The van der Waals surface area contributed by atoms with Gasteiger partial charge in [-0.05, 0) is 60.7 Å². The van der Waals surface area contributed by atoms with E-state index in [0.29, 0.717) is 12.4 Å². The van der Waals surface area contributed by atoms with Crippen LogP contribution in [0.2, 0.25) is 0 Å². The van der Waals surface area contributed by atoms with Gasteiger partial charge in [-0.15, -0.1) is 0 Å². The summed E-state index contributed by atoms with van der Waals surface area (Å²) in [5.41, 5.74) is 13.8. The zero-order valence-corrected chi connectivity index (χ0v) is 18.7. The summed E-state index contributed by atoms with van der Waals surface area (Å²) in [4.78, 5) is 10.7. The van der Waals surface area contributed by atoms with E-state index in [0.717, 1.165) is 52.4 Å². The van der Waals surface area contributed by atoms with E-state index in [1.807, 2.05) is 42.7 Å². The van der Waals surface area contributed by atoms with Crippen LogP contribution in [0, 0.1) is 0 Å². The summed E-state index contributed by atoms with van der Waals surface area (Å²) in [6.45, 7) is 0.396. The molecule has 3 aromatic heterocycles. The third kappa shape index (κ3) is 4.04. The fourth-order valence-corrected chi connectivity index (χ4v) is 4.45. The van der Waals surface area contributed by atoms with Gasteiger partial charge in [-0.25, -0.2) is 0 Å². The molecule has 1 aliphatic carbocycles. The molecule has 0 saturated heterocycles. The molecular weight excluding hydrogens is 424 g/mol. The first-order chi connectivity index (χ1) is 16.6. The Morgan fingerprint density at radius 2 is 1.91 bits per heavy atom. The van der Waals surface area contributed by atoms with Crippen LogP contribution in [0.25, 0.3) is 39.0 Å². The SMILES string of the molecule is N[C@H](COc1cncc(-c2ccc3[nH]c(O)c(C=C4CC4)c3c2)c1)Cc1c[nH]c2ccccc12. The van der Waals surface area contributed by atoms with Gasteiger partial charge in [0.05, 0.1) is 6.20 Å². The lowest BCUT2D eigenvalue weighted by molar-refractivity contribution is 0.287. The molecule has 6 nitrogen and oxygen atoms in total. The van der Waals surface area contributed by atoms with Crippen molar-refractivity contribution in [1.82, 2.24) is 15.0 Å². The van der Waals surface area contributed by atoms with Gasteiger partial charge in [0.25, 0.3) is 0 Å². The summed E-state index contributed by atoms with van der Waals surface area (Å²) in [5.74, 6) is 0.898. The van der Waals surface area contributed by atoms with Gasteiger partial charge in [-0.2, -0.15) is 0 Å². The summed E-state index contributed by atoms with van der Waals surface area (Å²) < 4.78 is 6.01. The van der Waals surface area contributed by atoms with E-state index >= 15 is 0 Å². The van der Waals surface area contributed by atoms with Crippen molar-refractivity contribution in [3.63, 3.8) is 0 Å². The predicted molar refractivity (Wildman–Crippen MR) is 136 cm³/mol. The van der Waals surface area contributed by atoms with E-state index in [9.17, 15) is 5.11 Å². The number of allylic oxidation sites excluding steroid dienone is 1. The third-order valence-electron chi connectivity index (χ3n) is 6.37. The van der Waals surface area contributed by atoms with E-state index in [1.54, 1.807) is 6.20 Å². The van der Waals surface area contributed by atoms with Crippen LogP contribution in [0.15, 0.2) is 72.7 Å². The van der Waals surface area contributed by atoms with Crippen molar-refractivity contribution in [2.45, 2.75) is 25.3 Å². The normalized spacial score (nSPS) is 14.0. The lowest BCUT2D eigenvalue weighted by Crippen LogP contribution is -2.30. The number of rotatable bonds is 7. The van der Waals surface area contributed by atoms with Crippen molar-refractivity contribution in [3.05, 3.63) is 83.8 Å². The monoisotopic (exact) mass is 450 g/mol. The summed E-state index contributed by atoms with van der Waals surface area (Å²) in [7, 11) is 0. The Labute approximate surface area is 197 Å². The highest BCUT2D eigenvalue weighted by molar-refractivity contribution is 5.95. The number of benzene rings is 2. The van der Waals surface area contributed by atoms with Crippen LogP contribution in [0.4, 0.5) is 0 Å². The van der Waals surface area contributed by atoms with Crippen LogP contribution in [-0.4, -0.2) is 32.7 Å². The second-order valence-corrected chi connectivity index (χ2v) is 8.99. The Morgan fingerprint density at radius 1 is 1.03 bits per heavy atom. The highest BCUT2D eigenvalue weighted by Gasteiger charge is 2.16. The number of ether oxygens (including phenoxy) is 1. The maximum atomic E-state index is 10.3. The first-order valence-electron chi connectivity index (χ1n) is 11.6. The number of hydrogen-bond acceptors (Lipinski definition) is 4. The second-order valence-electron chi connectivity index (χ2n) is 8.99. The maximum Gasteiger partial charge on any atom is 0.196 e. The number of aromatic amines is 2. The Bertz CT molecular complexity index is 1520. The minimum absolute atomic E-state index is 0.139. The van der Waals surface area contributed by atoms with Crippen LogP contribution in [0.3, 0.4) is 0 Å². The Hall–Kier alpha value is -4.03. The van der Waals surface area contributed by atoms with Crippen molar-refractivity contribution in [3.8, 4) is 22.8 Å². The Balaban J connectivity index is 1.19. The third-order valence-corrected chi connectivity index (χ3v) is 6.37. The molecule has 1 atom stereocenters. The molecule has 2 aromatic carbocycles. The molecule has 1 saturated carbocycles. The molecule has 0 bridgehead atoms. The Kier molecular flexibility index (Phi) is 5.08. The van der Waals surface area contributed by atoms with E-state index in [2.05, 4.69) is 39.2 Å². The minimum Gasteiger partial charge on any atom is -0.494 e. The molecule has 0 aliphatic heterocycles. The van der Waals surface area contributed by atoms with Gasteiger partial charge >= 0.3 is 0 Å². The molecule has 6 rings (SSSR count). The molecule has 1 fully saturated rings. The number of aromatic nitrogens is 3. The van der Waals surface area contributed by atoms with Crippen LogP contribution >= 0.6 is 0 Å². The van der Waals surface area contributed by atoms with Gasteiger partial charge in [-0.3, -0.25) is 4.98 Å². The first-order valence-corrected chi connectivity index (χ1v) is 11.6. The minimum atomic E-state index is -0.139. The summed E-state index contributed by atoms with van der Waals surface area (Å²) in [6.07, 6.45) is 10.6. The van der Waals surface area contributed by atoms with E-state index in [4.69, 9.17) is 10.5 Å². The summed E-state index contributed by atoms with van der Waals surface area (Å²) >= 11 is 0. The van der Waals surface area contributed by atoms with Crippen molar-refractivity contribution >= 4 is 27.9 Å². The molecule has 0 radical (unpaired) electrons. The van der Waals surface area contributed by atoms with E-state index in [-0.39, 0.29) is 11.9 Å². The topological polar surface area (TPSA) is 99.9 Å². The largest absolute Gasteiger partial charge is 0.494 e. The predicted octanol–water partition coefficient (Wildman–Crippen LogP) is 5.54. The number of nitrogens with two attached hydrogens (primary N) is 1. The molecule has 0 unspecified atom stereocenters. The molecule has 34 heavy (non-hydrogen) atoms. The molecule has 6 heteroatoms. The van der Waals surface area contributed by atoms with Crippen molar-refractivity contribution in [2.24, 2.45) is 5.73 Å². The molecule has 5 aromatic rings. The Morgan fingerprint density at radius 3 is 2.79 bits per heavy atom. The van der Waals surface area contributed by atoms with E-state index in [1.165, 1.54) is 16.5 Å². The van der Waals surface area contributed by atoms with Gasteiger partial charge in [0.15, 0.2) is 5.88 Å². The first kappa shape index (κ1) is 20.6. The van der Waals surface area contributed by atoms with Crippen molar-refractivity contribution in [1.29, 1.82) is 0 Å². The van der Waals surface area contributed by atoms with Crippen LogP contribution < -0.4 is 10.5 Å². The number of pyridine rings is 1. The number of hydrogen-bond donors (Lipinski definition) is 4. The van der Waals surface area contributed by atoms with Gasteiger partial charge < -0.3 is 25.5 Å². The van der Waals surface area contributed by atoms with Gasteiger partial charge in [-0.1, -0.05) is 29.8 Å². The molecule has 0 amide bonds. The van der Waals surface area contributed by atoms with Gasteiger partial charge in [0.1, 0.15) is 12.4 Å². The molecule has 1 aliphatic rings. The lowest BCUT2D eigenvalue weighted by atomic mass is 10.0. The fourth-order valence-electron chi connectivity index (χ4n) is 4.45. The zero-order valence-electron chi connectivity index (χ0n) is 18.7. The number of nitrogens with zero attached hydrogens (tertiary/aromatic N) is 1. The summed E-state index contributed by atoms with van der Waals surface area (Å²) in [5, 5.41) is 12.5. The number of aromatic hydroxyl groups is 1. The molecule has 5 N–H and O–H groups in total. The van der Waals surface area contributed by atoms with Crippen LogP contribution in [-0.2, 0) is 6.42 Å². The average molecular weight is 451 g/mol. The smallest absolute Gasteiger partial charge is 0.196 e. The average Bonchev–Trinajstić information content (AvgIpc) is 3.52. The summed E-state index contributed by atoms with van der Waals surface area (Å²) in [6, 6.07) is 16.2. The van der Waals surface area contributed by atoms with Crippen molar-refractivity contribution < 1.29 is 9.84 Å². The number of H-pyrrole nitrogens is 2. The lowest BCUT2D eigenvalue weighted by Gasteiger charge is -2.13. The number of fused-ring (bicyclic) bond motifs is 2. The van der Waals surface area contributed by atoms with Crippen molar-refractivity contribution in [2.75, 3.05) is 6.61 Å². The molecule has 3 heterocycles. The second kappa shape index (κ2) is 8.39. The number of nitrogens with one attached hydrogen (secondary N) is 2. The molecular formula is C28H26N4O2. The van der Waals surface area contributed by atoms with Gasteiger partial charge in [0.2, 0.25) is 0 Å². The van der Waals surface area contributed by atoms with Crippen LogP contribution in [0.5, 0.6) is 11.6 Å². The highest BCUT2D eigenvalue weighted by atomic mass is 16.5.